The molecule has 1 atom stereocenters. The number of amides is 1. The Morgan fingerprint density at radius 3 is 2.75 bits per heavy atom. The van der Waals surface area contributed by atoms with Gasteiger partial charge >= 0.3 is 0 Å². The largest absolute Gasteiger partial charge is 0.396 e. The number of benzene rings is 1. The van der Waals surface area contributed by atoms with E-state index in [0.29, 0.717) is 18.7 Å². The highest BCUT2D eigenvalue weighted by atomic mass is 16.6. The van der Waals surface area contributed by atoms with Gasteiger partial charge in [0.15, 0.2) is 0 Å². The van der Waals surface area contributed by atoms with E-state index in [-0.39, 0.29) is 29.7 Å². The molecule has 0 aromatic heterocycles. The Morgan fingerprint density at radius 1 is 1.50 bits per heavy atom. The summed E-state index contributed by atoms with van der Waals surface area (Å²) in [4.78, 5) is 22.0. The van der Waals surface area contributed by atoms with Gasteiger partial charge in [0.05, 0.1) is 4.92 Å². The summed E-state index contributed by atoms with van der Waals surface area (Å²) in [5, 5.41) is 25.3. The standard InChI is InChI=1S/C13H19N3O4/c1-9(5-6-17)8-15-11-4-3-10(13(18)14-2)7-12(11)16(19)20/h3-4,7,9,15,17H,5-6,8H2,1-2H3,(H,14,18). The van der Waals surface area contributed by atoms with Crippen LogP contribution in [0.2, 0.25) is 0 Å². The highest BCUT2D eigenvalue weighted by molar-refractivity contribution is 5.95. The van der Waals surface area contributed by atoms with E-state index in [9.17, 15) is 14.9 Å². The van der Waals surface area contributed by atoms with Crippen molar-refractivity contribution in [1.82, 2.24) is 5.32 Å². The number of nitrogens with one attached hydrogen (secondary N) is 2. The fraction of sp³-hybridized carbons (Fsp3) is 0.462. The summed E-state index contributed by atoms with van der Waals surface area (Å²) in [6.07, 6.45) is 0.622. The number of carbonyl (C=O) groups excluding carboxylic acids is 1. The molecule has 0 aliphatic rings. The first-order chi connectivity index (χ1) is 9.49. The molecule has 0 spiro atoms. The van der Waals surface area contributed by atoms with Crippen molar-refractivity contribution in [3.05, 3.63) is 33.9 Å². The summed E-state index contributed by atoms with van der Waals surface area (Å²) in [5.74, 6) is -0.175. The number of carbonyl (C=O) groups is 1. The van der Waals surface area contributed by atoms with Gasteiger partial charge in [-0.05, 0) is 24.5 Å². The fourth-order valence-corrected chi connectivity index (χ4v) is 1.72. The molecule has 1 aromatic carbocycles. The van der Waals surface area contributed by atoms with Gasteiger partial charge in [0.25, 0.3) is 11.6 Å². The van der Waals surface area contributed by atoms with Crippen molar-refractivity contribution in [2.45, 2.75) is 13.3 Å². The van der Waals surface area contributed by atoms with Gasteiger partial charge in [-0.1, -0.05) is 6.92 Å². The average molecular weight is 281 g/mol. The van der Waals surface area contributed by atoms with Crippen molar-refractivity contribution >= 4 is 17.3 Å². The lowest BCUT2D eigenvalue weighted by molar-refractivity contribution is -0.384. The molecule has 0 saturated heterocycles. The predicted molar refractivity (Wildman–Crippen MR) is 75.8 cm³/mol. The van der Waals surface area contributed by atoms with Gasteiger partial charge in [0.1, 0.15) is 5.69 Å². The van der Waals surface area contributed by atoms with Gasteiger partial charge in [-0.3, -0.25) is 14.9 Å². The number of nitro benzene ring substituents is 1. The van der Waals surface area contributed by atoms with Gasteiger partial charge in [0.2, 0.25) is 0 Å². The first-order valence-corrected chi connectivity index (χ1v) is 6.34. The van der Waals surface area contributed by atoms with E-state index in [4.69, 9.17) is 5.11 Å². The Labute approximate surface area is 117 Å². The first kappa shape index (κ1) is 15.9. The van der Waals surface area contributed by atoms with Gasteiger partial charge in [-0.15, -0.1) is 0 Å². The first-order valence-electron chi connectivity index (χ1n) is 6.34. The second-order valence-electron chi connectivity index (χ2n) is 4.57. The van der Waals surface area contributed by atoms with Gasteiger partial charge in [0, 0.05) is 31.8 Å². The number of rotatable bonds is 7. The quantitative estimate of drug-likeness (QED) is 0.517. The Bertz CT molecular complexity index is 491. The molecule has 1 rings (SSSR count). The fourth-order valence-electron chi connectivity index (χ4n) is 1.72. The summed E-state index contributed by atoms with van der Waals surface area (Å²) in [6, 6.07) is 4.30. The number of aliphatic hydroxyl groups excluding tert-OH is 1. The molecule has 110 valence electrons. The molecule has 7 heteroatoms. The maximum Gasteiger partial charge on any atom is 0.293 e. The molecule has 0 bridgehead atoms. The maximum absolute atomic E-state index is 11.5. The van der Waals surface area contributed by atoms with E-state index in [1.807, 2.05) is 6.92 Å². The molecule has 1 unspecified atom stereocenters. The van der Waals surface area contributed by atoms with E-state index < -0.39 is 4.92 Å². The van der Waals surface area contributed by atoms with Crippen LogP contribution in [-0.2, 0) is 0 Å². The second kappa shape index (κ2) is 7.44. The lowest BCUT2D eigenvalue weighted by Gasteiger charge is -2.12. The molecule has 0 radical (unpaired) electrons. The third-order valence-corrected chi connectivity index (χ3v) is 2.95. The second-order valence-corrected chi connectivity index (χ2v) is 4.57. The molecule has 3 N–H and O–H groups in total. The smallest absolute Gasteiger partial charge is 0.293 e. The summed E-state index contributed by atoms with van der Waals surface area (Å²) in [5.41, 5.74) is 0.475. The Balaban J connectivity index is 2.90. The Hall–Kier alpha value is -2.15. The predicted octanol–water partition coefficient (Wildman–Crippen LogP) is 1.38. The number of aliphatic hydroxyl groups is 1. The van der Waals surface area contributed by atoms with Crippen LogP contribution in [0.4, 0.5) is 11.4 Å². The SMILES string of the molecule is CNC(=O)c1ccc(NCC(C)CCO)c([N+](=O)[O-])c1. The van der Waals surface area contributed by atoms with Crippen LogP contribution in [-0.4, -0.2) is 36.1 Å². The van der Waals surface area contributed by atoms with Gasteiger partial charge < -0.3 is 15.7 Å². The molecule has 0 fully saturated rings. The minimum Gasteiger partial charge on any atom is -0.396 e. The minimum atomic E-state index is -0.522. The molecule has 20 heavy (non-hydrogen) atoms. The van der Waals surface area contributed by atoms with Crippen molar-refractivity contribution in [2.24, 2.45) is 5.92 Å². The zero-order valence-corrected chi connectivity index (χ0v) is 11.5. The molecule has 0 saturated carbocycles. The average Bonchev–Trinajstić information content (AvgIpc) is 2.44. The summed E-state index contributed by atoms with van der Waals surface area (Å²) in [7, 11) is 1.47. The van der Waals surface area contributed by atoms with E-state index in [2.05, 4.69) is 10.6 Å². The highest BCUT2D eigenvalue weighted by Crippen LogP contribution is 2.26. The topological polar surface area (TPSA) is 104 Å². The van der Waals surface area contributed by atoms with Crippen LogP contribution in [0.15, 0.2) is 18.2 Å². The maximum atomic E-state index is 11.5. The lowest BCUT2D eigenvalue weighted by atomic mass is 10.1. The number of nitrogens with zero attached hydrogens (tertiary/aromatic N) is 1. The molecule has 0 aliphatic carbocycles. The van der Waals surface area contributed by atoms with E-state index in [1.54, 1.807) is 0 Å². The molecule has 1 aromatic rings. The van der Waals surface area contributed by atoms with Crippen LogP contribution in [0.5, 0.6) is 0 Å². The number of anilines is 1. The minimum absolute atomic E-state index is 0.0839. The van der Waals surface area contributed by atoms with Crippen LogP contribution in [0.25, 0.3) is 0 Å². The van der Waals surface area contributed by atoms with Crippen LogP contribution < -0.4 is 10.6 Å². The van der Waals surface area contributed by atoms with E-state index >= 15 is 0 Å². The summed E-state index contributed by atoms with van der Waals surface area (Å²) < 4.78 is 0. The molecular weight excluding hydrogens is 262 g/mol. The van der Waals surface area contributed by atoms with Crippen molar-refractivity contribution in [1.29, 1.82) is 0 Å². The third kappa shape index (κ3) is 4.20. The zero-order valence-electron chi connectivity index (χ0n) is 11.5. The monoisotopic (exact) mass is 281 g/mol. The zero-order chi connectivity index (χ0) is 15.1. The number of hydrogen-bond acceptors (Lipinski definition) is 5. The van der Waals surface area contributed by atoms with E-state index in [1.165, 1.54) is 25.2 Å². The molecular formula is C13H19N3O4. The summed E-state index contributed by atoms with van der Waals surface area (Å²) >= 11 is 0. The third-order valence-electron chi connectivity index (χ3n) is 2.95. The molecule has 1 amide bonds. The van der Waals surface area contributed by atoms with Crippen molar-refractivity contribution in [3.8, 4) is 0 Å². The molecule has 0 aliphatic heterocycles. The van der Waals surface area contributed by atoms with E-state index in [0.717, 1.165) is 0 Å². The lowest BCUT2D eigenvalue weighted by Crippen LogP contribution is -2.18. The van der Waals surface area contributed by atoms with Crippen molar-refractivity contribution < 1.29 is 14.8 Å². The number of hydrogen-bond donors (Lipinski definition) is 3. The van der Waals surface area contributed by atoms with Gasteiger partial charge in [-0.2, -0.15) is 0 Å². The van der Waals surface area contributed by atoms with Crippen molar-refractivity contribution in [2.75, 3.05) is 25.5 Å². The molecule has 0 heterocycles. The highest BCUT2D eigenvalue weighted by Gasteiger charge is 2.17. The van der Waals surface area contributed by atoms with Crippen LogP contribution in [0.1, 0.15) is 23.7 Å². The van der Waals surface area contributed by atoms with Crippen LogP contribution >= 0.6 is 0 Å². The Kier molecular flexibility index (Phi) is 5.92. The van der Waals surface area contributed by atoms with Crippen molar-refractivity contribution in [3.63, 3.8) is 0 Å². The Morgan fingerprint density at radius 2 is 2.20 bits per heavy atom. The van der Waals surface area contributed by atoms with Crippen LogP contribution in [0, 0.1) is 16.0 Å². The normalized spacial score (nSPS) is 11.8. The number of nitro groups is 1. The molecule has 7 nitrogen and oxygen atoms in total. The van der Waals surface area contributed by atoms with Gasteiger partial charge in [-0.25, -0.2) is 0 Å². The van der Waals surface area contributed by atoms with Crippen LogP contribution in [0.3, 0.4) is 0 Å². The summed E-state index contributed by atoms with van der Waals surface area (Å²) in [6.45, 7) is 2.54.